The number of hydrogen-bond donors (Lipinski definition) is 2. The van der Waals surface area contributed by atoms with Crippen molar-refractivity contribution < 1.29 is 9.59 Å². The van der Waals surface area contributed by atoms with E-state index < -0.39 is 5.91 Å². The van der Waals surface area contributed by atoms with Crippen molar-refractivity contribution in [2.45, 2.75) is 4.90 Å². The lowest BCUT2D eigenvalue weighted by atomic mass is 10.1. The van der Waals surface area contributed by atoms with Gasteiger partial charge < -0.3 is 5.32 Å². The maximum absolute atomic E-state index is 12.4. The number of anilines is 1. The second-order valence-electron chi connectivity index (χ2n) is 5.45. The minimum absolute atomic E-state index is 0.248. The minimum atomic E-state index is -0.394. The number of rotatable bonds is 6. The zero-order chi connectivity index (χ0) is 19.1. The average Bonchev–Trinajstić information content (AvgIpc) is 3.24. The summed E-state index contributed by atoms with van der Waals surface area (Å²) in [7, 11) is 0. The number of hydrazone groups is 1. The fourth-order valence-corrected chi connectivity index (χ4v) is 3.32. The van der Waals surface area contributed by atoms with Crippen LogP contribution < -0.4 is 10.7 Å². The average molecular weight is 396 g/mol. The molecule has 0 aliphatic rings. The lowest BCUT2D eigenvalue weighted by Crippen LogP contribution is -2.21. The van der Waals surface area contributed by atoms with Crippen molar-refractivity contribution >= 4 is 46.8 Å². The van der Waals surface area contributed by atoms with Crippen LogP contribution in [-0.4, -0.2) is 24.3 Å². The number of thiophene rings is 1. The Hall–Kier alpha value is -2.90. The smallest absolute Gasteiger partial charge is 0.273 e. The van der Waals surface area contributed by atoms with E-state index in [1.807, 2.05) is 35.9 Å². The molecule has 2 aromatic carbocycles. The van der Waals surface area contributed by atoms with E-state index in [4.69, 9.17) is 0 Å². The molecule has 5 nitrogen and oxygen atoms in total. The molecule has 7 heteroatoms. The summed E-state index contributed by atoms with van der Waals surface area (Å²) >= 11 is 3.00. The van der Waals surface area contributed by atoms with Crippen LogP contribution in [0.5, 0.6) is 0 Å². The quantitative estimate of drug-likeness (QED) is 0.367. The molecule has 1 heterocycles. The Labute approximate surface area is 165 Å². The first-order valence-electron chi connectivity index (χ1n) is 8.08. The van der Waals surface area contributed by atoms with Gasteiger partial charge in [0.15, 0.2) is 0 Å². The molecule has 0 aliphatic carbocycles. The van der Waals surface area contributed by atoms with E-state index in [2.05, 4.69) is 15.8 Å². The largest absolute Gasteiger partial charge is 0.321 e. The molecule has 27 heavy (non-hydrogen) atoms. The van der Waals surface area contributed by atoms with Gasteiger partial charge in [0.05, 0.1) is 22.3 Å². The van der Waals surface area contributed by atoms with Gasteiger partial charge in [0, 0.05) is 4.90 Å². The highest BCUT2D eigenvalue weighted by Crippen LogP contribution is 2.18. The maximum Gasteiger partial charge on any atom is 0.273 e. The summed E-state index contributed by atoms with van der Waals surface area (Å²) in [6.07, 6.45) is 3.59. The van der Waals surface area contributed by atoms with Crippen molar-refractivity contribution in [2.75, 3.05) is 11.6 Å². The molecule has 3 aromatic rings. The summed E-state index contributed by atoms with van der Waals surface area (Å²) in [5, 5.41) is 8.60. The lowest BCUT2D eigenvalue weighted by Gasteiger charge is -2.09. The summed E-state index contributed by atoms with van der Waals surface area (Å²) < 4.78 is 0. The van der Waals surface area contributed by atoms with Crippen LogP contribution in [0.3, 0.4) is 0 Å². The normalized spacial score (nSPS) is 10.7. The van der Waals surface area contributed by atoms with Gasteiger partial charge in [-0.15, -0.1) is 23.1 Å². The number of hydrogen-bond acceptors (Lipinski definition) is 5. The summed E-state index contributed by atoms with van der Waals surface area (Å²) in [4.78, 5) is 26.4. The second-order valence-corrected chi connectivity index (χ2v) is 7.28. The lowest BCUT2D eigenvalue weighted by molar-refractivity contribution is 0.0956. The molecule has 2 N–H and O–H groups in total. The molecule has 0 unspecified atom stereocenters. The second kappa shape index (κ2) is 9.16. The zero-order valence-electron chi connectivity index (χ0n) is 14.5. The Morgan fingerprint density at radius 2 is 1.78 bits per heavy atom. The van der Waals surface area contributed by atoms with E-state index in [1.54, 1.807) is 54.4 Å². The highest BCUT2D eigenvalue weighted by molar-refractivity contribution is 7.98. The third-order valence-corrected chi connectivity index (χ3v) is 5.27. The molecule has 0 atom stereocenters. The van der Waals surface area contributed by atoms with Crippen molar-refractivity contribution in [3.05, 3.63) is 82.0 Å². The molecule has 0 fully saturated rings. The third kappa shape index (κ3) is 5.06. The maximum atomic E-state index is 12.4. The summed E-state index contributed by atoms with van der Waals surface area (Å²) in [5.74, 6) is -0.642. The molecule has 1 aromatic heterocycles. The fourth-order valence-electron chi connectivity index (χ4n) is 2.30. The third-order valence-electron chi connectivity index (χ3n) is 3.66. The number of nitrogens with zero attached hydrogens (tertiary/aromatic N) is 1. The Morgan fingerprint density at radius 3 is 2.48 bits per heavy atom. The Morgan fingerprint density at radius 1 is 1.00 bits per heavy atom. The van der Waals surface area contributed by atoms with E-state index in [-0.39, 0.29) is 5.91 Å². The van der Waals surface area contributed by atoms with Gasteiger partial charge in [-0.3, -0.25) is 9.59 Å². The monoisotopic (exact) mass is 395 g/mol. The molecule has 0 bridgehead atoms. The number of para-hydroxylation sites is 1. The Balaban J connectivity index is 1.67. The van der Waals surface area contributed by atoms with Gasteiger partial charge in [0.1, 0.15) is 0 Å². The molecule has 0 aliphatic heterocycles. The first-order chi connectivity index (χ1) is 13.2. The van der Waals surface area contributed by atoms with Crippen molar-refractivity contribution in [2.24, 2.45) is 5.10 Å². The van der Waals surface area contributed by atoms with Crippen molar-refractivity contribution in [1.29, 1.82) is 0 Å². The van der Waals surface area contributed by atoms with Crippen LogP contribution in [0, 0.1) is 0 Å². The molecule has 0 spiro atoms. The van der Waals surface area contributed by atoms with E-state index in [0.29, 0.717) is 16.1 Å². The first kappa shape index (κ1) is 18.9. The summed E-state index contributed by atoms with van der Waals surface area (Å²) in [6, 6.07) is 18.2. The molecular formula is C20H17N3O2S2. The van der Waals surface area contributed by atoms with Crippen molar-refractivity contribution in [1.82, 2.24) is 5.43 Å². The van der Waals surface area contributed by atoms with E-state index in [0.717, 1.165) is 10.5 Å². The van der Waals surface area contributed by atoms with Gasteiger partial charge >= 0.3 is 0 Å². The minimum Gasteiger partial charge on any atom is -0.321 e. The van der Waals surface area contributed by atoms with Crippen LogP contribution in [0.25, 0.3) is 0 Å². The standard InChI is InChI=1S/C20H17N3O2S2/c1-26-15-10-8-14(9-11-15)13-21-23-19(24)16-5-2-3-6-17(16)22-20(25)18-7-4-12-27-18/h2-13H,1H3,(H,22,25)(H,23,24)/b21-13-. The highest BCUT2D eigenvalue weighted by Gasteiger charge is 2.14. The van der Waals surface area contributed by atoms with Gasteiger partial charge in [-0.05, 0) is 47.5 Å². The van der Waals surface area contributed by atoms with Crippen molar-refractivity contribution in [3.63, 3.8) is 0 Å². The number of carbonyl (C=O) groups is 2. The van der Waals surface area contributed by atoms with Gasteiger partial charge in [-0.25, -0.2) is 5.43 Å². The molecule has 0 saturated heterocycles. The van der Waals surface area contributed by atoms with E-state index in [9.17, 15) is 9.59 Å². The Bertz CT molecular complexity index is 952. The predicted molar refractivity (Wildman–Crippen MR) is 112 cm³/mol. The summed E-state index contributed by atoms with van der Waals surface area (Å²) in [6.45, 7) is 0. The molecule has 0 saturated carbocycles. The van der Waals surface area contributed by atoms with Gasteiger partial charge in [-0.1, -0.05) is 30.3 Å². The van der Waals surface area contributed by atoms with Crippen LogP contribution in [0.1, 0.15) is 25.6 Å². The highest BCUT2D eigenvalue weighted by atomic mass is 32.2. The van der Waals surface area contributed by atoms with Crippen LogP contribution in [0.2, 0.25) is 0 Å². The molecule has 2 amide bonds. The van der Waals surface area contributed by atoms with Crippen LogP contribution >= 0.6 is 23.1 Å². The fraction of sp³-hybridized carbons (Fsp3) is 0.0500. The Kier molecular flexibility index (Phi) is 6.40. The molecular weight excluding hydrogens is 378 g/mol. The molecule has 136 valence electrons. The van der Waals surface area contributed by atoms with Crippen LogP contribution in [-0.2, 0) is 0 Å². The van der Waals surface area contributed by atoms with Gasteiger partial charge in [0.25, 0.3) is 11.8 Å². The van der Waals surface area contributed by atoms with Crippen LogP contribution in [0.4, 0.5) is 5.69 Å². The van der Waals surface area contributed by atoms with E-state index in [1.165, 1.54) is 11.3 Å². The number of benzene rings is 2. The molecule has 0 radical (unpaired) electrons. The number of nitrogens with one attached hydrogen (secondary N) is 2. The number of carbonyl (C=O) groups excluding carboxylic acids is 2. The van der Waals surface area contributed by atoms with Gasteiger partial charge in [-0.2, -0.15) is 5.10 Å². The number of amides is 2. The summed E-state index contributed by atoms with van der Waals surface area (Å²) in [5.41, 5.74) is 4.17. The van der Waals surface area contributed by atoms with Crippen molar-refractivity contribution in [3.8, 4) is 0 Å². The topological polar surface area (TPSA) is 70.6 Å². The van der Waals surface area contributed by atoms with Crippen LogP contribution in [0.15, 0.2) is 76.0 Å². The number of thioether (sulfide) groups is 1. The zero-order valence-corrected chi connectivity index (χ0v) is 16.1. The SMILES string of the molecule is CSc1ccc(/C=N\NC(=O)c2ccccc2NC(=O)c2cccs2)cc1. The van der Waals surface area contributed by atoms with E-state index >= 15 is 0 Å². The molecule has 3 rings (SSSR count). The predicted octanol–water partition coefficient (Wildman–Crippen LogP) is 4.49. The first-order valence-corrected chi connectivity index (χ1v) is 10.2. The van der Waals surface area contributed by atoms with Gasteiger partial charge in [0.2, 0.25) is 0 Å².